The molecule has 0 aromatic carbocycles. The molecular formula is C22H31IN4O4. The minimum Gasteiger partial charge on any atom is -0.495 e. The van der Waals surface area contributed by atoms with Crippen molar-refractivity contribution in [3.63, 3.8) is 0 Å². The van der Waals surface area contributed by atoms with Gasteiger partial charge in [0.15, 0.2) is 0 Å². The molecule has 0 aliphatic carbocycles. The first-order valence-corrected chi connectivity index (χ1v) is 10.7. The van der Waals surface area contributed by atoms with Crippen LogP contribution in [0, 0.1) is 14.4 Å². The Bertz CT molecular complexity index is 888. The van der Waals surface area contributed by atoms with Gasteiger partial charge >= 0.3 is 0 Å². The van der Waals surface area contributed by atoms with E-state index in [2.05, 4.69) is 43.2 Å². The maximum absolute atomic E-state index is 11.8. The summed E-state index contributed by atoms with van der Waals surface area (Å²) in [4.78, 5) is 31.5. The van der Waals surface area contributed by atoms with Gasteiger partial charge in [-0.25, -0.2) is 9.97 Å². The molecule has 31 heavy (non-hydrogen) atoms. The summed E-state index contributed by atoms with van der Waals surface area (Å²) in [5, 5.41) is 5.52. The smallest absolute Gasteiger partial charge is 0.230 e. The van der Waals surface area contributed by atoms with E-state index in [4.69, 9.17) is 9.47 Å². The number of halogens is 1. The van der Waals surface area contributed by atoms with Gasteiger partial charge in [0.2, 0.25) is 11.8 Å². The Morgan fingerprint density at radius 1 is 0.839 bits per heavy atom. The Hall–Kier alpha value is -2.43. The van der Waals surface area contributed by atoms with Crippen LogP contribution in [-0.4, -0.2) is 36.0 Å². The van der Waals surface area contributed by atoms with Crippen molar-refractivity contribution in [2.75, 3.05) is 24.9 Å². The molecule has 0 fully saturated rings. The molecule has 2 heterocycles. The lowest BCUT2D eigenvalue weighted by Crippen LogP contribution is -2.28. The van der Waals surface area contributed by atoms with Gasteiger partial charge in [-0.2, -0.15) is 0 Å². The standard InChI is InChI=1S/C11H15IN2O2.C11H16N2O2/c1-11(2,3)10(15)14-9-8(12)5-7(16-4)6-13-9;1-11(2,3)10(14)13-9-6-5-8(15-4)7-12-9/h5-6H,1-4H3,(H,13,14,15);5-7H,1-4H3,(H,12,13,14). The normalized spacial score (nSPS) is 11.0. The molecule has 0 atom stereocenters. The van der Waals surface area contributed by atoms with Crippen molar-refractivity contribution < 1.29 is 19.1 Å². The van der Waals surface area contributed by atoms with Gasteiger partial charge in [-0.3, -0.25) is 9.59 Å². The van der Waals surface area contributed by atoms with Crippen molar-refractivity contribution >= 4 is 46.0 Å². The van der Waals surface area contributed by atoms with Gasteiger partial charge in [0.05, 0.1) is 30.2 Å². The van der Waals surface area contributed by atoms with Gasteiger partial charge in [0.1, 0.15) is 23.1 Å². The zero-order valence-electron chi connectivity index (χ0n) is 19.3. The second-order valence-corrected chi connectivity index (χ2v) is 9.86. The van der Waals surface area contributed by atoms with Gasteiger partial charge < -0.3 is 20.1 Å². The first-order valence-electron chi connectivity index (χ1n) is 9.60. The molecule has 8 nitrogen and oxygen atoms in total. The Morgan fingerprint density at radius 3 is 1.77 bits per heavy atom. The van der Waals surface area contributed by atoms with Crippen LogP contribution in [0.5, 0.6) is 11.5 Å². The molecule has 2 aromatic heterocycles. The molecule has 0 radical (unpaired) electrons. The van der Waals surface area contributed by atoms with E-state index < -0.39 is 10.8 Å². The van der Waals surface area contributed by atoms with Crippen LogP contribution in [0.15, 0.2) is 30.6 Å². The number of carbonyl (C=O) groups excluding carboxylic acids is 2. The lowest BCUT2D eigenvalue weighted by atomic mass is 9.96. The molecular weight excluding hydrogens is 511 g/mol. The molecule has 9 heteroatoms. The van der Waals surface area contributed by atoms with E-state index in [-0.39, 0.29) is 11.8 Å². The van der Waals surface area contributed by atoms with Gasteiger partial charge in [0.25, 0.3) is 0 Å². The van der Waals surface area contributed by atoms with Crippen LogP contribution in [0.2, 0.25) is 0 Å². The maximum Gasteiger partial charge on any atom is 0.230 e. The highest BCUT2D eigenvalue weighted by Crippen LogP contribution is 2.23. The third-order valence-electron chi connectivity index (χ3n) is 3.86. The van der Waals surface area contributed by atoms with Crippen molar-refractivity contribution in [1.29, 1.82) is 0 Å². The molecule has 0 unspecified atom stereocenters. The van der Waals surface area contributed by atoms with Gasteiger partial charge in [-0.1, -0.05) is 41.5 Å². The number of aromatic nitrogens is 2. The SMILES string of the molecule is COc1ccc(NC(=O)C(C)(C)C)nc1.COc1cnc(NC(=O)C(C)(C)C)c(I)c1. The summed E-state index contributed by atoms with van der Waals surface area (Å²) in [5.41, 5.74) is -0.841. The number of pyridine rings is 2. The van der Waals surface area contributed by atoms with Crippen LogP contribution in [0.3, 0.4) is 0 Å². The summed E-state index contributed by atoms with van der Waals surface area (Å²) >= 11 is 2.11. The first-order chi connectivity index (χ1) is 14.3. The van der Waals surface area contributed by atoms with E-state index in [0.717, 1.165) is 3.57 Å². The molecule has 0 saturated carbocycles. The third-order valence-corrected chi connectivity index (χ3v) is 4.68. The molecule has 0 saturated heterocycles. The molecule has 170 valence electrons. The van der Waals surface area contributed by atoms with E-state index in [1.165, 1.54) is 0 Å². The summed E-state index contributed by atoms with van der Waals surface area (Å²) in [7, 11) is 3.16. The fourth-order valence-electron chi connectivity index (χ4n) is 1.80. The summed E-state index contributed by atoms with van der Waals surface area (Å²) in [6.45, 7) is 11.1. The fraction of sp³-hybridized carbons (Fsp3) is 0.455. The number of anilines is 2. The number of ether oxygens (including phenoxy) is 2. The average molecular weight is 542 g/mol. The molecule has 2 amide bonds. The first kappa shape index (κ1) is 26.6. The van der Waals surface area contributed by atoms with E-state index in [1.807, 2.05) is 47.6 Å². The minimum atomic E-state index is -0.426. The quantitative estimate of drug-likeness (QED) is 0.541. The van der Waals surface area contributed by atoms with Crippen LogP contribution >= 0.6 is 22.6 Å². The second kappa shape index (κ2) is 11.3. The van der Waals surface area contributed by atoms with Gasteiger partial charge in [0, 0.05) is 10.8 Å². The van der Waals surface area contributed by atoms with Crippen LogP contribution in [0.1, 0.15) is 41.5 Å². The maximum atomic E-state index is 11.8. The number of amides is 2. The molecule has 0 aliphatic rings. The van der Waals surface area contributed by atoms with Gasteiger partial charge in [-0.15, -0.1) is 0 Å². The highest BCUT2D eigenvalue weighted by molar-refractivity contribution is 14.1. The van der Waals surface area contributed by atoms with Crippen molar-refractivity contribution in [2.24, 2.45) is 10.8 Å². The lowest BCUT2D eigenvalue weighted by molar-refractivity contribution is -0.123. The summed E-state index contributed by atoms with van der Waals surface area (Å²) < 4.78 is 10.9. The second-order valence-electron chi connectivity index (χ2n) is 8.70. The molecule has 2 aromatic rings. The number of rotatable bonds is 4. The van der Waals surface area contributed by atoms with Crippen LogP contribution in [0.4, 0.5) is 11.6 Å². The lowest BCUT2D eigenvalue weighted by Gasteiger charge is -2.17. The molecule has 2 N–H and O–H groups in total. The number of hydrogen-bond donors (Lipinski definition) is 2. The summed E-state index contributed by atoms with van der Waals surface area (Å²) in [5.74, 6) is 2.35. The summed E-state index contributed by atoms with van der Waals surface area (Å²) in [6.07, 6.45) is 3.15. The molecule has 0 bridgehead atoms. The van der Waals surface area contributed by atoms with Gasteiger partial charge in [-0.05, 0) is 40.8 Å². The highest BCUT2D eigenvalue weighted by Gasteiger charge is 2.22. The monoisotopic (exact) mass is 542 g/mol. The van der Waals surface area contributed by atoms with E-state index in [1.54, 1.807) is 38.7 Å². The van der Waals surface area contributed by atoms with Crippen LogP contribution in [-0.2, 0) is 9.59 Å². The van der Waals surface area contributed by atoms with E-state index >= 15 is 0 Å². The fourth-order valence-corrected chi connectivity index (χ4v) is 2.38. The number of hydrogen-bond acceptors (Lipinski definition) is 6. The predicted octanol–water partition coefficient (Wildman–Crippen LogP) is 4.75. The molecule has 0 spiro atoms. The number of nitrogens with zero attached hydrogens (tertiary/aromatic N) is 2. The number of methoxy groups -OCH3 is 2. The third kappa shape index (κ3) is 9.07. The van der Waals surface area contributed by atoms with Crippen molar-refractivity contribution in [2.45, 2.75) is 41.5 Å². The Morgan fingerprint density at radius 2 is 1.35 bits per heavy atom. The van der Waals surface area contributed by atoms with Crippen LogP contribution < -0.4 is 20.1 Å². The number of carbonyl (C=O) groups is 2. The van der Waals surface area contributed by atoms with Crippen molar-refractivity contribution in [3.05, 3.63) is 34.2 Å². The Labute approximate surface area is 197 Å². The average Bonchev–Trinajstić information content (AvgIpc) is 2.69. The van der Waals surface area contributed by atoms with E-state index in [0.29, 0.717) is 23.1 Å². The zero-order chi connectivity index (χ0) is 23.8. The Balaban J connectivity index is 0.000000311. The predicted molar refractivity (Wildman–Crippen MR) is 130 cm³/mol. The summed E-state index contributed by atoms with van der Waals surface area (Å²) in [6, 6.07) is 5.29. The van der Waals surface area contributed by atoms with Crippen molar-refractivity contribution in [1.82, 2.24) is 9.97 Å². The minimum absolute atomic E-state index is 0.0527. The topological polar surface area (TPSA) is 102 Å². The Kier molecular flexibility index (Phi) is 9.67. The largest absolute Gasteiger partial charge is 0.495 e. The van der Waals surface area contributed by atoms with Crippen molar-refractivity contribution in [3.8, 4) is 11.5 Å². The van der Waals surface area contributed by atoms with E-state index in [9.17, 15) is 9.59 Å². The highest BCUT2D eigenvalue weighted by atomic mass is 127. The molecule has 0 aliphatic heterocycles. The number of nitrogens with one attached hydrogen (secondary N) is 2. The zero-order valence-corrected chi connectivity index (χ0v) is 21.4. The van der Waals surface area contributed by atoms with Crippen LogP contribution in [0.25, 0.3) is 0 Å². The molecule has 2 rings (SSSR count).